The standard InChI is InChI=1S/C11H18O2/c1-2-3-5-11(10-12)6-4-8-13-9-7-11/h2-3,10H,4-9H2,1H3/b3-2+. The minimum Gasteiger partial charge on any atom is -0.381 e. The lowest BCUT2D eigenvalue weighted by Crippen LogP contribution is -2.22. The first-order valence-corrected chi connectivity index (χ1v) is 4.98. The van der Waals surface area contributed by atoms with E-state index in [1.165, 1.54) is 0 Å². The van der Waals surface area contributed by atoms with Gasteiger partial charge in [0.05, 0.1) is 0 Å². The first-order valence-electron chi connectivity index (χ1n) is 4.98. The molecule has 0 spiro atoms. The molecule has 1 fully saturated rings. The number of carbonyl (C=O) groups excluding carboxylic acids is 1. The van der Waals surface area contributed by atoms with E-state index in [1.807, 2.05) is 13.0 Å². The summed E-state index contributed by atoms with van der Waals surface area (Å²) in [5.74, 6) is 0. The van der Waals surface area contributed by atoms with Crippen LogP contribution in [-0.2, 0) is 9.53 Å². The van der Waals surface area contributed by atoms with E-state index in [0.717, 1.165) is 45.2 Å². The van der Waals surface area contributed by atoms with Crippen LogP contribution in [0.4, 0.5) is 0 Å². The lowest BCUT2D eigenvalue weighted by atomic mass is 9.79. The molecule has 1 aliphatic heterocycles. The highest BCUT2D eigenvalue weighted by Crippen LogP contribution is 2.32. The summed E-state index contributed by atoms with van der Waals surface area (Å²) in [6.45, 7) is 3.54. The fourth-order valence-electron chi connectivity index (χ4n) is 1.75. The molecule has 0 aromatic rings. The van der Waals surface area contributed by atoms with Crippen LogP contribution in [0.3, 0.4) is 0 Å². The van der Waals surface area contributed by atoms with E-state index >= 15 is 0 Å². The van der Waals surface area contributed by atoms with Crippen molar-refractivity contribution in [1.29, 1.82) is 0 Å². The molecule has 0 aromatic carbocycles. The summed E-state index contributed by atoms with van der Waals surface area (Å²) >= 11 is 0. The van der Waals surface area contributed by atoms with Gasteiger partial charge in [-0.05, 0) is 32.6 Å². The van der Waals surface area contributed by atoms with Crippen molar-refractivity contribution in [3.63, 3.8) is 0 Å². The second-order valence-corrected chi connectivity index (χ2v) is 3.72. The van der Waals surface area contributed by atoms with Crippen LogP contribution < -0.4 is 0 Å². The van der Waals surface area contributed by atoms with Gasteiger partial charge in [0.2, 0.25) is 0 Å². The maximum absolute atomic E-state index is 11.1. The SMILES string of the molecule is C/C=C/CC1(C=O)CCCOCC1. The van der Waals surface area contributed by atoms with Crippen molar-refractivity contribution >= 4 is 6.29 Å². The number of hydrogen-bond donors (Lipinski definition) is 0. The largest absolute Gasteiger partial charge is 0.381 e. The molecule has 0 aromatic heterocycles. The van der Waals surface area contributed by atoms with Crippen LogP contribution >= 0.6 is 0 Å². The van der Waals surface area contributed by atoms with Gasteiger partial charge in [-0.2, -0.15) is 0 Å². The third-order valence-corrected chi connectivity index (χ3v) is 2.72. The molecule has 1 heterocycles. The maximum atomic E-state index is 11.1. The number of allylic oxidation sites excluding steroid dienone is 2. The zero-order valence-corrected chi connectivity index (χ0v) is 8.29. The van der Waals surface area contributed by atoms with E-state index in [1.54, 1.807) is 0 Å². The van der Waals surface area contributed by atoms with Crippen molar-refractivity contribution in [2.75, 3.05) is 13.2 Å². The lowest BCUT2D eigenvalue weighted by molar-refractivity contribution is -0.116. The zero-order valence-electron chi connectivity index (χ0n) is 8.29. The van der Waals surface area contributed by atoms with Crippen LogP contribution in [0, 0.1) is 5.41 Å². The molecule has 1 saturated heterocycles. The Morgan fingerprint density at radius 2 is 2.23 bits per heavy atom. The molecular weight excluding hydrogens is 164 g/mol. The highest BCUT2D eigenvalue weighted by atomic mass is 16.5. The van der Waals surface area contributed by atoms with Crippen LogP contribution in [0.15, 0.2) is 12.2 Å². The predicted octanol–water partition coefficient (Wildman–Crippen LogP) is 2.34. The second kappa shape index (κ2) is 5.18. The van der Waals surface area contributed by atoms with Gasteiger partial charge in [-0.1, -0.05) is 12.2 Å². The molecule has 0 aliphatic carbocycles. The minimum atomic E-state index is -0.136. The number of rotatable bonds is 3. The molecule has 0 N–H and O–H groups in total. The van der Waals surface area contributed by atoms with Crippen LogP contribution in [0.1, 0.15) is 32.6 Å². The summed E-state index contributed by atoms with van der Waals surface area (Å²) in [5, 5.41) is 0. The Labute approximate surface area is 80.0 Å². The van der Waals surface area contributed by atoms with Crippen LogP contribution in [0.5, 0.6) is 0 Å². The van der Waals surface area contributed by atoms with Gasteiger partial charge in [0.25, 0.3) is 0 Å². The van der Waals surface area contributed by atoms with Gasteiger partial charge in [0.1, 0.15) is 6.29 Å². The fraction of sp³-hybridized carbons (Fsp3) is 0.727. The van der Waals surface area contributed by atoms with E-state index in [9.17, 15) is 4.79 Å². The van der Waals surface area contributed by atoms with E-state index in [0.29, 0.717) is 0 Å². The first kappa shape index (κ1) is 10.5. The molecular formula is C11H18O2. The van der Waals surface area contributed by atoms with Gasteiger partial charge < -0.3 is 9.53 Å². The topological polar surface area (TPSA) is 26.3 Å². The number of ether oxygens (including phenoxy) is 1. The minimum absolute atomic E-state index is 0.136. The normalized spacial score (nSPS) is 30.2. The van der Waals surface area contributed by atoms with Crippen molar-refractivity contribution < 1.29 is 9.53 Å². The first-order chi connectivity index (χ1) is 6.33. The molecule has 13 heavy (non-hydrogen) atoms. The molecule has 1 unspecified atom stereocenters. The Balaban J connectivity index is 2.58. The Hall–Kier alpha value is -0.630. The molecule has 0 amide bonds. The summed E-state index contributed by atoms with van der Waals surface area (Å²) in [7, 11) is 0. The Morgan fingerprint density at radius 1 is 1.38 bits per heavy atom. The van der Waals surface area contributed by atoms with E-state index in [4.69, 9.17) is 4.74 Å². The van der Waals surface area contributed by atoms with Crippen molar-refractivity contribution in [3.8, 4) is 0 Å². The zero-order chi connectivity index (χ0) is 9.57. The molecule has 0 radical (unpaired) electrons. The van der Waals surface area contributed by atoms with Gasteiger partial charge in [-0.15, -0.1) is 0 Å². The molecule has 2 heteroatoms. The maximum Gasteiger partial charge on any atom is 0.126 e. The number of hydrogen-bond acceptors (Lipinski definition) is 2. The number of aldehydes is 1. The monoisotopic (exact) mass is 182 g/mol. The Kier molecular flexibility index (Phi) is 4.16. The molecule has 1 aliphatic rings. The van der Waals surface area contributed by atoms with Gasteiger partial charge in [0.15, 0.2) is 0 Å². The summed E-state index contributed by atoms with van der Waals surface area (Å²) in [4.78, 5) is 11.1. The van der Waals surface area contributed by atoms with Crippen molar-refractivity contribution in [1.82, 2.24) is 0 Å². The molecule has 0 saturated carbocycles. The van der Waals surface area contributed by atoms with Crippen LogP contribution in [0.2, 0.25) is 0 Å². The number of carbonyl (C=O) groups is 1. The molecule has 0 bridgehead atoms. The van der Waals surface area contributed by atoms with Crippen LogP contribution in [-0.4, -0.2) is 19.5 Å². The van der Waals surface area contributed by atoms with Crippen molar-refractivity contribution in [2.24, 2.45) is 5.41 Å². The lowest BCUT2D eigenvalue weighted by Gasteiger charge is -2.23. The third-order valence-electron chi connectivity index (χ3n) is 2.72. The average Bonchev–Trinajstić information content (AvgIpc) is 2.41. The van der Waals surface area contributed by atoms with Crippen molar-refractivity contribution in [2.45, 2.75) is 32.6 Å². The van der Waals surface area contributed by atoms with Gasteiger partial charge in [-0.3, -0.25) is 0 Å². The molecule has 74 valence electrons. The smallest absolute Gasteiger partial charge is 0.126 e. The highest BCUT2D eigenvalue weighted by molar-refractivity contribution is 5.59. The average molecular weight is 182 g/mol. The van der Waals surface area contributed by atoms with Gasteiger partial charge >= 0.3 is 0 Å². The van der Waals surface area contributed by atoms with E-state index < -0.39 is 0 Å². The Morgan fingerprint density at radius 3 is 2.92 bits per heavy atom. The summed E-state index contributed by atoms with van der Waals surface area (Å²) in [6, 6.07) is 0. The molecule has 1 atom stereocenters. The quantitative estimate of drug-likeness (QED) is 0.494. The molecule has 2 nitrogen and oxygen atoms in total. The van der Waals surface area contributed by atoms with Gasteiger partial charge in [0, 0.05) is 18.6 Å². The van der Waals surface area contributed by atoms with Crippen molar-refractivity contribution in [3.05, 3.63) is 12.2 Å². The van der Waals surface area contributed by atoms with E-state index in [2.05, 4.69) is 6.08 Å². The highest BCUT2D eigenvalue weighted by Gasteiger charge is 2.29. The summed E-state index contributed by atoms with van der Waals surface area (Å²) < 4.78 is 5.35. The molecule has 1 rings (SSSR count). The van der Waals surface area contributed by atoms with E-state index in [-0.39, 0.29) is 5.41 Å². The third kappa shape index (κ3) is 2.96. The fourth-order valence-corrected chi connectivity index (χ4v) is 1.75. The Bertz CT molecular complexity index is 177. The second-order valence-electron chi connectivity index (χ2n) is 3.72. The summed E-state index contributed by atoms with van der Waals surface area (Å²) in [5.41, 5.74) is -0.136. The predicted molar refractivity (Wildman–Crippen MR) is 52.6 cm³/mol. The summed E-state index contributed by atoms with van der Waals surface area (Å²) in [6.07, 6.45) is 8.95. The van der Waals surface area contributed by atoms with Gasteiger partial charge in [-0.25, -0.2) is 0 Å². The van der Waals surface area contributed by atoms with Crippen LogP contribution in [0.25, 0.3) is 0 Å².